The Morgan fingerprint density at radius 1 is 0.957 bits per heavy atom. The van der Waals surface area contributed by atoms with E-state index in [0.29, 0.717) is 11.1 Å². The van der Waals surface area contributed by atoms with Crippen LogP contribution >= 0.6 is 0 Å². The third-order valence-electron chi connectivity index (χ3n) is 2.87. The van der Waals surface area contributed by atoms with Gasteiger partial charge in [-0.15, -0.1) is 0 Å². The number of nitrogens with zero attached hydrogens (tertiary/aromatic N) is 1. The third kappa shape index (κ3) is 4.48. The van der Waals surface area contributed by atoms with Gasteiger partial charge in [0.15, 0.2) is 0 Å². The van der Waals surface area contributed by atoms with Crippen LogP contribution in [0.1, 0.15) is 21.5 Å². The van der Waals surface area contributed by atoms with E-state index in [1.54, 1.807) is 42.5 Å². The van der Waals surface area contributed by atoms with E-state index in [4.69, 9.17) is 5.26 Å². The Balaban J connectivity index is 1.96. The summed E-state index contributed by atoms with van der Waals surface area (Å²) in [6, 6.07) is 16.3. The zero-order chi connectivity index (χ0) is 16.7. The highest BCUT2D eigenvalue weighted by Gasteiger charge is 2.19. The van der Waals surface area contributed by atoms with Gasteiger partial charge in [-0.1, -0.05) is 42.5 Å². The molecule has 0 amide bonds. The highest BCUT2D eigenvalue weighted by molar-refractivity contribution is 6.42. The van der Waals surface area contributed by atoms with Crippen LogP contribution in [0.3, 0.4) is 0 Å². The highest BCUT2D eigenvalue weighted by Crippen LogP contribution is 2.06. The molecule has 2 rings (SSSR count). The molecule has 0 bridgehead atoms. The van der Waals surface area contributed by atoms with Crippen LogP contribution < -0.4 is 0 Å². The summed E-state index contributed by atoms with van der Waals surface area (Å²) in [6.07, 6.45) is 2.46. The van der Waals surface area contributed by atoms with Crippen molar-refractivity contribution in [3.63, 3.8) is 0 Å². The van der Waals surface area contributed by atoms with Gasteiger partial charge in [-0.2, -0.15) is 5.26 Å². The number of rotatable bonds is 4. The number of carbonyl (C=O) groups excluding carboxylic acids is 3. The van der Waals surface area contributed by atoms with Crippen molar-refractivity contribution in [2.45, 2.75) is 0 Å². The van der Waals surface area contributed by atoms with E-state index in [1.165, 1.54) is 18.2 Å². The molecule has 0 unspecified atom stereocenters. The average molecular weight is 305 g/mol. The molecule has 0 fully saturated rings. The van der Waals surface area contributed by atoms with Gasteiger partial charge in [0.1, 0.15) is 0 Å². The fraction of sp³-hybridized carbons (Fsp3) is 0. The maximum Gasteiger partial charge on any atom is 0.387 e. The highest BCUT2D eigenvalue weighted by atomic mass is 16.6. The number of Topliss-reactive ketones (excluding diaryl/α,β-unsaturated/α-hetero) is 1. The molecule has 0 spiro atoms. The number of hydrogen-bond donors (Lipinski definition) is 0. The van der Waals surface area contributed by atoms with Gasteiger partial charge < -0.3 is 4.74 Å². The van der Waals surface area contributed by atoms with Crippen molar-refractivity contribution in [1.29, 1.82) is 5.26 Å². The summed E-state index contributed by atoms with van der Waals surface area (Å²) >= 11 is 0. The summed E-state index contributed by atoms with van der Waals surface area (Å²) in [5, 5.41) is 8.68. The molecule has 23 heavy (non-hydrogen) atoms. The maximum absolute atomic E-state index is 11.7. The second kappa shape index (κ2) is 7.48. The van der Waals surface area contributed by atoms with Crippen molar-refractivity contribution < 1.29 is 19.1 Å². The molecule has 0 aliphatic rings. The molecule has 0 N–H and O–H groups in total. The Bertz CT molecular complexity index is 799. The van der Waals surface area contributed by atoms with Gasteiger partial charge in [0, 0.05) is 11.6 Å². The van der Waals surface area contributed by atoms with E-state index in [1.807, 2.05) is 6.07 Å². The zero-order valence-electron chi connectivity index (χ0n) is 11.9. The van der Waals surface area contributed by atoms with Crippen LogP contribution in [-0.4, -0.2) is 17.7 Å². The Morgan fingerprint density at radius 3 is 2.22 bits per heavy atom. The van der Waals surface area contributed by atoms with Crippen LogP contribution in [0.4, 0.5) is 0 Å². The zero-order valence-corrected chi connectivity index (χ0v) is 11.9. The van der Waals surface area contributed by atoms with Gasteiger partial charge in [-0.05, 0) is 23.8 Å². The van der Waals surface area contributed by atoms with Crippen molar-refractivity contribution >= 4 is 23.8 Å². The second-order valence-corrected chi connectivity index (χ2v) is 4.47. The molecule has 0 saturated heterocycles. The monoisotopic (exact) mass is 305 g/mol. The standard InChI is InChI=1S/C18H11NO4/c19-12-14-8-6-13(7-9-14)10-11-16(20)23-18(22)17(21)15-4-2-1-3-5-15/h1-11H. The van der Waals surface area contributed by atoms with E-state index in [2.05, 4.69) is 4.74 Å². The largest absolute Gasteiger partial charge is 0.387 e. The molecule has 5 nitrogen and oxygen atoms in total. The van der Waals surface area contributed by atoms with E-state index in [9.17, 15) is 14.4 Å². The predicted molar refractivity (Wildman–Crippen MR) is 82.1 cm³/mol. The van der Waals surface area contributed by atoms with E-state index < -0.39 is 17.7 Å². The first-order chi connectivity index (χ1) is 11.1. The first-order valence-electron chi connectivity index (χ1n) is 6.64. The van der Waals surface area contributed by atoms with E-state index >= 15 is 0 Å². The van der Waals surface area contributed by atoms with Gasteiger partial charge >= 0.3 is 11.9 Å². The normalized spacial score (nSPS) is 10.0. The van der Waals surface area contributed by atoms with Crippen molar-refractivity contribution in [1.82, 2.24) is 0 Å². The molecule has 0 aromatic heterocycles. The topological polar surface area (TPSA) is 84.2 Å². The average Bonchev–Trinajstić information content (AvgIpc) is 2.60. The fourth-order valence-corrected chi connectivity index (χ4v) is 1.71. The summed E-state index contributed by atoms with van der Waals surface area (Å²) < 4.78 is 4.47. The van der Waals surface area contributed by atoms with Gasteiger partial charge in [-0.3, -0.25) is 4.79 Å². The van der Waals surface area contributed by atoms with Crippen LogP contribution in [0.15, 0.2) is 60.7 Å². The number of hydrogen-bond acceptors (Lipinski definition) is 5. The molecular formula is C18H11NO4. The number of esters is 2. The lowest BCUT2D eigenvalue weighted by Gasteiger charge is -1.99. The molecule has 0 saturated carbocycles. The van der Waals surface area contributed by atoms with Crippen molar-refractivity contribution in [2.75, 3.05) is 0 Å². The summed E-state index contributed by atoms with van der Waals surface area (Å²) in [7, 11) is 0. The quantitative estimate of drug-likeness (QED) is 0.285. The predicted octanol–water partition coefficient (Wildman–Crippen LogP) is 2.52. The number of ether oxygens (including phenoxy) is 1. The molecule has 0 aliphatic carbocycles. The lowest BCUT2D eigenvalue weighted by Crippen LogP contribution is -2.20. The molecule has 2 aromatic rings. The maximum atomic E-state index is 11.7. The molecule has 0 aliphatic heterocycles. The fourth-order valence-electron chi connectivity index (χ4n) is 1.71. The number of ketones is 1. The minimum absolute atomic E-state index is 0.154. The van der Waals surface area contributed by atoms with Gasteiger partial charge in [0.25, 0.3) is 5.78 Å². The Labute approximate surface area is 132 Å². The SMILES string of the molecule is N#Cc1ccc(C=CC(=O)OC(=O)C(=O)c2ccccc2)cc1. The number of nitriles is 1. The van der Waals surface area contributed by atoms with Crippen LogP contribution in [0.2, 0.25) is 0 Å². The molecule has 0 radical (unpaired) electrons. The summed E-state index contributed by atoms with van der Waals surface area (Å²) in [4.78, 5) is 34.9. The van der Waals surface area contributed by atoms with E-state index in [0.717, 1.165) is 6.08 Å². The van der Waals surface area contributed by atoms with Gasteiger partial charge in [-0.25, -0.2) is 9.59 Å². The number of carbonyl (C=O) groups is 3. The van der Waals surface area contributed by atoms with Crippen molar-refractivity contribution in [3.8, 4) is 6.07 Å². The van der Waals surface area contributed by atoms with Gasteiger partial charge in [0.05, 0.1) is 11.6 Å². The Hall–Kier alpha value is -3.52. The van der Waals surface area contributed by atoms with Crippen LogP contribution in [0.5, 0.6) is 0 Å². The lowest BCUT2D eigenvalue weighted by molar-refractivity contribution is -0.152. The smallest absolute Gasteiger partial charge is 0.384 e. The minimum atomic E-state index is -1.23. The van der Waals surface area contributed by atoms with Crippen molar-refractivity contribution in [2.24, 2.45) is 0 Å². The molecule has 5 heteroatoms. The van der Waals surface area contributed by atoms with Crippen LogP contribution in [0.25, 0.3) is 6.08 Å². The molecular weight excluding hydrogens is 294 g/mol. The second-order valence-electron chi connectivity index (χ2n) is 4.47. The third-order valence-corrected chi connectivity index (χ3v) is 2.87. The molecule has 0 heterocycles. The van der Waals surface area contributed by atoms with Crippen molar-refractivity contribution in [3.05, 3.63) is 77.4 Å². The first-order valence-corrected chi connectivity index (χ1v) is 6.64. The molecule has 112 valence electrons. The number of benzene rings is 2. The minimum Gasteiger partial charge on any atom is -0.384 e. The summed E-state index contributed by atoms with van der Waals surface area (Å²) in [6.45, 7) is 0. The Morgan fingerprint density at radius 2 is 1.61 bits per heavy atom. The Kier molecular flexibility index (Phi) is 5.16. The van der Waals surface area contributed by atoms with Crippen LogP contribution in [-0.2, 0) is 14.3 Å². The molecule has 0 atom stereocenters. The molecule has 2 aromatic carbocycles. The summed E-state index contributed by atoms with van der Waals surface area (Å²) in [5.74, 6) is -3.06. The van der Waals surface area contributed by atoms with Crippen LogP contribution in [0, 0.1) is 11.3 Å². The van der Waals surface area contributed by atoms with Gasteiger partial charge in [0.2, 0.25) is 0 Å². The summed E-state index contributed by atoms with van der Waals surface area (Å²) in [5.41, 5.74) is 1.30. The lowest BCUT2D eigenvalue weighted by atomic mass is 10.1. The first kappa shape index (κ1) is 15.9. The van der Waals surface area contributed by atoms with E-state index in [-0.39, 0.29) is 5.56 Å².